The Morgan fingerprint density at radius 1 is 1.00 bits per heavy atom. The van der Waals surface area contributed by atoms with Crippen molar-refractivity contribution >= 4 is 33.8 Å². The van der Waals surface area contributed by atoms with Crippen LogP contribution in [0.15, 0.2) is 48.5 Å². The minimum Gasteiger partial charge on any atom is -0.330 e. The first-order chi connectivity index (χ1) is 10.1. The van der Waals surface area contributed by atoms with Crippen molar-refractivity contribution < 1.29 is 0 Å². The highest BCUT2D eigenvalue weighted by Gasteiger charge is 2.10. The lowest BCUT2D eigenvalue weighted by molar-refractivity contribution is 1.35. The smallest absolute Gasteiger partial charge is 0.188 e. The summed E-state index contributed by atoms with van der Waals surface area (Å²) in [4.78, 5) is 5.88. The summed E-state index contributed by atoms with van der Waals surface area (Å²) >= 11 is 7.81. The molecule has 0 aliphatic carbocycles. The Hall–Kier alpha value is -1.84. The molecular formula is C17H15ClN2S. The molecule has 2 nitrogen and oxygen atoms in total. The molecular weight excluding hydrogens is 300 g/mol. The average molecular weight is 315 g/mol. The normalized spacial score (nSPS) is 10.6. The summed E-state index contributed by atoms with van der Waals surface area (Å²) < 4.78 is 0. The second-order valence-electron chi connectivity index (χ2n) is 4.89. The molecule has 3 rings (SSSR count). The Balaban J connectivity index is 1.91. The number of para-hydroxylation sites is 1. The maximum absolute atomic E-state index is 6.17. The van der Waals surface area contributed by atoms with Crippen LogP contribution in [0.2, 0.25) is 5.02 Å². The average Bonchev–Trinajstić information content (AvgIpc) is 2.83. The molecule has 0 unspecified atom stereocenters. The fraction of sp³-hybridized carbons (Fsp3) is 0.118. The molecule has 0 radical (unpaired) electrons. The van der Waals surface area contributed by atoms with E-state index in [1.54, 1.807) is 11.3 Å². The maximum Gasteiger partial charge on any atom is 0.188 e. The number of halogens is 1. The summed E-state index contributed by atoms with van der Waals surface area (Å²) in [5, 5.41) is 4.84. The van der Waals surface area contributed by atoms with Gasteiger partial charge < -0.3 is 5.32 Å². The van der Waals surface area contributed by atoms with E-state index in [0.29, 0.717) is 5.02 Å². The number of hydrogen-bond donors (Lipinski definition) is 1. The lowest BCUT2D eigenvalue weighted by atomic mass is 10.1. The summed E-state index contributed by atoms with van der Waals surface area (Å²) in [6.45, 7) is 4.17. The Labute approximate surface area is 133 Å². The molecule has 21 heavy (non-hydrogen) atoms. The van der Waals surface area contributed by atoms with Crippen LogP contribution in [-0.4, -0.2) is 4.98 Å². The minimum absolute atomic E-state index is 0.697. The monoisotopic (exact) mass is 314 g/mol. The van der Waals surface area contributed by atoms with Crippen molar-refractivity contribution in [2.24, 2.45) is 0 Å². The van der Waals surface area contributed by atoms with Crippen molar-refractivity contribution in [3.8, 4) is 11.3 Å². The van der Waals surface area contributed by atoms with E-state index in [0.717, 1.165) is 22.1 Å². The Kier molecular flexibility index (Phi) is 3.95. The van der Waals surface area contributed by atoms with Gasteiger partial charge in [0.15, 0.2) is 5.13 Å². The third kappa shape index (κ3) is 3.09. The summed E-state index contributed by atoms with van der Waals surface area (Å²) in [6.07, 6.45) is 0. The van der Waals surface area contributed by atoms with Crippen LogP contribution in [0.5, 0.6) is 0 Å². The molecule has 0 aliphatic heterocycles. The second-order valence-corrected chi connectivity index (χ2v) is 6.51. The lowest BCUT2D eigenvalue weighted by Gasteiger charge is -2.04. The topological polar surface area (TPSA) is 24.9 Å². The van der Waals surface area contributed by atoms with Gasteiger partial charge in [-0.1, -0.05) is 53.6 Å². The number of aryl methyl sites for hydroxylation is 2. The van der Waals surface area contributed by atoms with E-state index in [1.165, 1.54) is 10.4 Å². The highest BCUT2D eigenvalue weighted by Crippen LogP contribution is 2.33. The molecule has 4 heteroatoms. The third-order valence-corrected chi connectivity index (χ3v) is 4.45. The summed E-state index contributed by atoms with van der Waals surface area (Å²) in [7, 11) is 0. The number of anilines is 2. The van der Waals surface area contributed by atoms with Crippen LogP contribution >= 0.6 is 22.9 Å². The quantitative estimate of drug-likeness (QED) is 0.658. The fourth-order valence-electron chi connectivity index (χ4n) is 2.11. The van der Waals surface area contributed by atoms with Crippen LogP contribution in [0.3, 0.4) is 0 Å². The van der Waals surface area contributed by atoms with Crippen molar-refractivity contribution in [2.45, 2.75) is 13.8 Å². The van der Waals surface area contributed by atoms with Crippen LogP contribution in [0.25, 0.3) is 11.3 Å². The van der Waals surface area contributed by atoms with Gasteiger partial charge in [0.05, 0.1) is 16.4 Å². The van der Waals surface area contributed by atoms with Crippen LogP contribution in [0.4, 0.5) is 10.8 Å². The van der Waals surface area contributed by atoms with E-state index in [1.807, 2.05) is 24.3 Å². The van der Waals surface area contributed by atoms with Gasteiger partial charge in [0.2, 0.25) is 0 Å². The molecule has 0 saturated heterocycles. The number of hydrogen-bond acceptors (Lipinski definition) is 3. The van der Waals surface area contributed by atoms with E-state index in [2.05, 4.69) is 43.4 Å². The standard InChI is InChI=1S/C17H15ClN2S/c1-11-7-9-13(10-8-11)16-12(2)21-17(20-16)19-15-6-4-3-5-14(15)18/h3-10H,1-2H3,(H,19,20). The van der Waals surface area contributed by atoms with Gasteiger partial charge in [-0.05, 0) is 26.0 Å². The van der Waals surface area contributed by atoms with E-state index >= 15 is 0 Å². The van der Waals surface area contributed by atoms with Crippen LogP contribution in [-0.2, 0) is 0 Å². The van der Waals surface area contributed by atoms with Crippen molar-refractivity contribution in [1.82, 2.24) is 4.98 Å². The maximum atomic E-state index is 6.17. The molecule has 3 aromatic rings. The predicted octanol–water partition coefficient (Wildman–Crippen LogP) is 5.82. The van der Waals surface area contributed by atoms with Crippen LogP contribution in [0.1, 0.15) is 10.4 Å². The fourth-order valence-corrected chi connectivity index (χ4v) is 3.14. The number of benzene rings is 2. The number of thiazole rings is 1. The summed E-state index contributed by atoms with van der Waals surface area (Å²) in [5.74, 6) is 0. The minimum atomic E-state index is 0.697. The number of nitrogens with zero attached hydrogens (tertiary/aromatic N) is 1. The number of rotatable bonds is 3. The molecule has 1 heterocycles. The van der Waals surface area contributed by atoms with Gasteiger partial charge in [-0.15, -0.1) is 11.3 Å². The Morgan fingerprint density at radius 2 is 1.71 bits per heavy atom. The Morgan fingerprint density at radius 3 is 2.43 bits per heavy atom. The van der Waals surface area contributed by atoms with Crippen molar-refractivity contribution in [3.05, 3.63) is 64.0 Å². The molecule has 1 N–H and O–H groups in total. The van der Waals surface area contributed by atoms with Gasteiger partial charge in [-0.25, -0.2) is 4.98 Å². The Bertz CT molecular complexity index is 763. The molecule has 0 atom stereocenters. The predicted molar refractivity (Wildman–Crippen MR) is 91.8 cm³/mol. The molecule has 0 aliphatic rings. The van der Waals surface area contributed by atoms with E-state index in [-0.39, 0.29) is 0 Å². The van der Waals surface area contributed by atoms with E-state index in [4.69, 9.17) is 16.6 Å². The zero-order valence-corrected chi connectivity index (χ0v) is 13.4. The first-order valence-corrected chi connectivity index (χ1v) is 7.89. The number of nitrogens with one attached hydrogen (secondary N) is 1. The zero-order chi connectivity index (χ0) is 14.8. The van der Waals surface area contributed by atoms with Gasteiger partial charge >= 0.3 is 0 Å². The van der Waals surface area contributed by atoms with Crippen LogP contribution < -0.4 is 5.32 Å². The van der Waals surface area contributed by atoms with Gasteiger partial charge in [-0.2, -0.15) is 0 Å². The largest absolute Gasteiger partial charge is 0.330 e. The molecule has 2 aromatic carbocycles. The molecule has 106 valence electrons. The van der Waals surface area contributed by atoms with Crippen molar-refractivity contribution in [3.63, 3.8) is 0 Å². The van der Waals surface area contributed by atoms with E-state index in [9.17, 15) is 0 Å². The molecule has 0 fully saturated rings. The highest BCUT2D eigenvalue weighted by molar-refractivity contribution is 7.16. The van der Waals surface area contributed by atoms with Gasteiger partial charge in [0.1, 0.15) is 0 Å². The molecule has 0 saturated carbocycles. The van der Waals surface area contributed by atoms with Gasteiger partial charge in [0, 0.05) is 10.4 Å². The zero-order valence-electron chi connectivity index (χ0n) is 11.9. The first-order valence-electron chi connectivity index (χ1n) is 6.69. The third-order valence-electron chi connectivity index (χ3n) is 3.24. The summed E-state index contributed by atoms with van der Waals surface area (Å²) in [5.41, 5.74) is 4.29. The molecule has 0 spiro atoms. The first kappa shape index (κ1) is 14.1. The van der Waals surface area contributed by atoms with E-state index < -0.39 is 0 Å². The van der Waals surface area contributed by atoms with Gasteiger partial charge in [-0.3, -0.25) is 0 Å². The van der Waals surface area contributed by atoms with Gasteiger partial charge in [0.25, 0.3) is 0 Å². The number of aromatic nitrogens is 1. The lowest BCUT2D eigenvalue weighted by Crippen LogP contribution is -1.90. The molecule has 0 bridgehead atoms. The van der Waals surface area contributed by atoms with Crippen LogP contribution in [0, 0.1) is 13.8 Å². The SMILES string of the molecule is Cc1ccc(-c2nc(Nc3ccccc3Cl)sc2C)cc1. The molecule has 1 aromatic heterocycles. The molecule has 0 amide bonds. The second kappa shape index (κ2) is 5.88. The highest BCUT2D eigenvalue weighted by atomic mass is 35.5. The summed E-state index contributed by atoms with van der Waals surface area (Å²) in [6, 6.07) is 16.1. The van der Waals surface area contributed by atoms with Crippen molar-refractivity contribution in [1.29, 1.82) is 0 Å². The van der Waals surface area contributed by atoms with Crippen molar-refractivity contribution in [2.75, 3.05) is 5.32 Å².